The van der Waals surface area contributed by atoms with Crippen molar-refractivity contribution < 1.29 is 23.9 Å². The lowest BCUT2D eigenvalue weighted by Crippen LogP contribution is -2.40. The third kappa shape index (κ3) is 3.00. The summed E-state index contributed by atoms with van der Waals surface area (Å²) in [6.07, 6.45) is 4.24. The number of nitrogens with zero attached hydrogens (tertiary/aromatic N) is 1. The van der Waals surface area contributed by atoms with E-state index in [1.807, 2.05) is 0 Å². The van der Waals surface area contributed by atoms with Crippen molar-refractivity contribution in [1.82, 2.24) is 4.90 Å². The minimum atomic E-state index is -0.976. The molecule has 7 heteroatoms. The Morgan fingerprint density at radius 1 is 1.13 bits per heavy atom. The summed E-state index contributed by atoms with van der Waals surface area (Å²) in [6, 6.07) is 6.43. The molecule has 3 fully saturated rings. The summed E-state index contributed by atoms with van der Waals surface area (Å²) in [5, 5.41) is 0.424. The molecule has 0 N–H and O–H groups in total. The number of rotatable bonds is 6. The molecule has 7 atom stereocenters. The fourth-order valence-corrected chi connectivity index (χ4v) is 5.82. The summed E-state index contributed by atoms with van der Waals surface area (Å²) in [4.78, 5) is 51.8. The predicted molar refractivity (Wildman–Crippen MR) is 107 cm³/mol. The van der Waals surface area contributed by atoms with Gasteiger partial charge in [0.1, 0.15) is 0 Å². The van der Waals surface area contributed by atoms with Crippen LogP contribution < -0.4 is 0 Å². The molecule has 0 spiro atoms. The van der Waals surface area contributed by atoms with Gasteiger partial charge in [-0.1, -0.05) is 35.9 Å². The molecule has 2 bridgehead atoms. The average molecular weight is 428 g/mol. The molecule has 1 heterocycles. The third-order valence-corrected chi connectivity index (χ3v) is 7.32. The second-order valence-electron chi connectivity index (χ2n) is 8.74. The first-order chi connectivity index (χ1) is 14.4. The van der Waals surface area contributed by atoms with Gasteiger partial charge in [0, 0.05) is 17.1 Å². The van der Waals surface area contributed by atoms with Crippen LogP contribution in [-0.4, -0.2) is 41.1 Å². The van der Waals surface area contributed by atoms with Crippen LogP contribution >= 0.6 is 11.6 Å². The van der Waals surface area contributed by atoms with E-state index in [9.17, 15) is 19.2 Å². The molecule has 30 heavy (non-hydrogen) atoms. The van der Waals surface area contributed by atoms with Crippen LogP contribution in [0.25, 0.3) is 0 Å². The third-order valence-electron chi connectivity index (χ3n) is 7.08. The molecule has 0 radical (unpaired) electrons. The average Bonchev–Trinajstić information content (AvgIpc) is 3.51. The molecule has 6 rings (SSSR count). The van der Waals surface area contributed by atoms with E-state index in [2.05, 4.69) is 12.2 Å². The zero-order valence-electron chi connectivity index (χ0n) is 16.5. The SMILES string of the molecule is C[C@H](OC(=O)CCN1C(=O)[C@@H]2[C@H]3C=C[C@@H]([C@@H]4C[C@@H]34)[C@@H]2C1=O)C(=O)c1cccc(Cl)c1. The molecule has 1 aliphatic heterocycles. The summed E-state index contributed by atoms with van der Waals surface area (Å²) in [5.41, 5.74) is 0.360. The first-order valence-electron chi connectivity index (χ1n) is 10.4. The molecule has 1 saturated heterocycles. The van der Waals surface area contributed by atoms with Crippen molar-refractivity contribution in [1.29, 1.82) is 0 Å². The number of carbonyl (C=O) groups excluding carboxylic acids is 4. The number of hydrogen-bond acceptors (Lipinski definition) is 5. The number of ether oxygens (including phenoxy) is 1. The molecule has 0 unspecified atom stereocenters. The number of amides is 2. The minimum Gasteiger partial charge on any atom is -0.454 e. The second kappa shape index (κ2) is 7.05. The smallest absolute Gasteiger partial charge is 0.308 e. The van der Waals surface area contributed by atoms with Gasteiger partial charge >= 0.3 is 5.97 Å². The number of allylic oxidation sites excluding steroid dienone is 2. The Hall–Kier alpha value is -2.47. The maximum atomic E-state index is 12.9. The van der Waals surface area contributed by atoms with Crippen LogP contribution in [0.1, 0.15) is 30.1 Å². The van der Waals surface area contributed by atoms with E-state index in [-0.39, 0.29) is 54.2 Å². The highest BCUT2D eigenvalue weighted by molar-refractivity contribution is 6.31. The van der Waals surface area contributed by atoms with Crippen LogP contribution in [0.15, 0.2) is 36.4 Å². The van der Waals surface area contributed by atoms with Crippen LogP contribution in [0.5, 0.6) is 0 Å². The number of halogens is 1. The molecular weight excluding hydrogens is 406 g/mol. The van der Waals surface area contributed by atoms with E-state index in [4.69, 9.17) is 16.3 Å². The number of likely N-dealkylation sites (tertiary alicyclic amines) is 1. The van der Waals surface area contributed by atoms with Crippen molar-refractivity contribution in [3.8, 4) is 0 Å². The predicted octanol–water partition coefficient (Wildman–Crippen LogP) is 2.90. The number of ketones is 1. The van der Waals surface area contributed by atoms with Gasteiger partial charge in [0.05, 0.1) is 18.3 Å². The second-order valence-corrected chi connectivity index (χ2v) is 9.18. The fraction of sp³-hybridized carbons (Fsp3) is 0.478. The van der Waals surface area contributed by atoms with Gasteiger partial charge in [-0.05, 0) is 49.1 Å². The van der Waals surface area contributed by atoms with Gasteiger partial charge in [0.25, 0.3) is 0 Å². The summed E-state index contributed by atoms with van der Waals surface area (Å²) >= 11 is 5.90. The number of Topliss-reactive ketones (excluding diaryl/α,β-unsaturated/α-hetero) is 1. The zero-order chi connectivity index (χ0) is 21.2. The van der Waals surface area contributed by atoms with Crippen molar-refractivity contribution in [2.75, 3.05) is 6.54 Å². The molecule has 2 amide bonds. The summed E-state index contributed by atoms with van der Waals surface area (Å²) in [7, 11) is 0. The number of esters is 1. The van der Waals surface area contributed by atoms with E-state index in [0.29, 0.717) is 22.4 Å². The first kappa shape index (κ1) is 19.5. The first-order valence-corrected chi connectivity index (χ1v) is 10.8. The Morgan fingerprint density at radius 3 is 2.37 bits per heavy atom. The van der Waals surface area contributed by atoms with E-state index in [1.54, 1.807) is 18.2 Å². The molecule has 6 nitrogen and oxygen atoms in total. The number of benzene rings is 1. The van der Waals surface area contributed by atoms with Crippen molar-refractivity contribution in [2.24, 2.45) is 35.5 Å². The quantitative estimate of drug-likeness (QED) is 0.302. The Morgan fingerprint density at radius 2 is 1.77 bits per heavy atom. The van der Waals surface area contributed by atoms with Gasteiger partial charge < -0.3 is 4.74 Å². The standard InChI is InChI=1S/C23H22ClNO5/c1-11(21(27)12-3-2-4-13(24)9-12)30-18(26)7-8-25-22(28)19-14-5-6-15(17-10-16(14)17)20(19)23(25)29/h2-6,9,11,14-17,19-20H,7-8,10H2,1H3/t11-,14-,15-,16-,17-,19-,20+/m0/s1. The maximum Gasteiger partial charge on any atom is 0.308 e. The Labute approximate surface area is 179 Å². The lowest BCUT2D eigenvalue weighted by Gasteiger charge is -2.37. The maximum absolute atomic E-state index is 12.9. The normalized spacial score (nSPS) is 33.9. The molecule has 2 saturated carbocycles. The lowest BCUT2D eigenvalue weighted by atomic mass is 9.63. The number of hydrogen-bond donors (Lipinski definition) is 0. The van der Waals surface area contributed by atoms with Crippen LogP contribution in [0, 0.1) is 35.5 Å². The number of carbonyl (C=O) groups is 4. The van der Waals surface area contributed by atoms with E-state index in [1.165, 1.54) is 17.9 Å². The highest BCUT2D eigenvalue weighted by atomic mass is 35.5. The highest BCUT2D eigenvalue weighted by Gasteiger charge is 2.66. The van der Waals surface area contributed by atoms with Crippen molar-refractivity contribution in [3.63, 3.8) is 0 Å². The van der Waals surface area contributed by atoms with E-state index < -0.39 is 12.1 Å². The molecule has 156 valence electrons. The van der Waals surface area contributed by atoms with Crippen LogP contribution in [0.3, 0.4) is 0 Å². The van der Waals surface area contributed by atoms with Crippen LogP contribution in [0.4, 0.5) is 0 Å². The molecule has 1 aromatic carbocycles. The Kier molecular flexibility index (Phi) is 4.58. The van der Waals surface area contributed by atoms with E-state index in [0.717, 1.165) is 6.42 Å². The molecular formula is C23H22ClNO5. The highest BCUT2D eigenvalue weighted by Crippen LogP contribution is 2.65. The van der Waals surface area contributed by atoms with Crippen molar-refractivity contribution in [3.05, 3.63) is 47.0 Å². The van der Waals surface area contributed by atoms with E-state index >= 15 is 0 Å². The number of imide groups is 1. The summed E-state index contributed by atoms with van der Waals surface area (Å²) in [6.45, 7) is 1.49. The molecule has 5 aliphatic rings. The van der Waals surface area contributed by atoms with Crippen molar-refractivity contribution in [2.45, 2.75) is 25.9 Å². The summed E-state index contributed by atoms with van der Waals surface area (Å²) in [5.74, 6) is -0.420. The van der Waals surface area contributed by atoms with Crippen molar-refractivity contribution >= 4 is 35.2 Å². The molecule has 0 aromatic heterocycles. The van der Waals surface area contributed by atoms with Gasteiger partial charge in [-0.3, -0.25) is 24.1 Å². The largest absolute Gasteiger partial charge is 0.454 e. The van der Waals surface area contributed by atoms with Gasteiger partial charge in [0.15, 0.2) is 6.10 Å². The van der Waals surface area contributed by atoms with Gasteiger partial charge in [-0.2, -0.15) is 0 Å². The van der Waals surface area contributed by atoms with Gasteiger partial charge in [-0.15, -0.1) is 0 Å². The topological polar surface area (TPSA) is 80.8 Å². The Balaban J connectivity index is 1.19. The van der Waals surface area contributed by atoms with Gasteiger partial charge in [0.2, 0.25) is 17.6 Å². The van der Waals surface area contributed by atoms with Crippen LogP contribution in [-0.2, 0) is 19.1 Å². The minimum absolute atomic E-state index is 0.00362. The zero-order valence-corrected chi connectivity index (χ0v) is 17.2. The van der Waals surface area contributed by atoms with Crippen LogP contribution in [0.2, 0.25) is 5.02 Å². The molecule has 1 aromatic rings. The fourth-order valence-electron chi connectivity index (χ4n) is 5.63. The van der Waals surface area contributed by atoms with Gasteiger partial charge in [-0.25, -0.2) is 0 Å². The molecule has 4 aliphatic carbocycles. The summed E-state index contributed by atoms with van der Waals surface area (Å²) < 4.78 is 5.24. The monoisotopic (exact) mass is 427 g/mol. The Bertz CT molecular complexity index is 952. The lowest BCUT2D eigenvalue weighted by molar-refractivity contribution is -0.148.